The van der Waals surface area contributed by atoms with E-state index in [2.05, 4.69) is 27.6 Å². The summed E-state index contributed by atoms with van der Waals surface area (Å²) in [5.74, 6) is 0.537. The maximum Gasteiger partial charge on any atom is 0.338 e. The molecular formula is C23H26IN5O3. The third kappa shape index (κ3) is 4.38. The summed E-state index contributed by atoms with van der Waals surface area (Å²) in [5, 5.41) is 0. The number of hydrogen-bond donors (Lipinski definition) is 2. The molecule has 32 heavy (non-hydrogen) atoms. The summed E-state index contributed by atoms with van der Waals surface area (Å²) in [6.45, 7) is 0.331. The fourth-order valence-corrected chi connectivity index (χ4v) is 5.16. The second kappa shape index (κ2) is 9.35. The van der Waals surface area contributed by atoms with Crippen molar-refractivity contribution in [2.45, 2.75) is 44.4 Å². The molecule has 0 saturated heterocycles. The van der Waals surface area contributed by atoms with Gasteiger partial charge in [0.25, 0.3) is 0 Å². The van der Waals surface area contributed by atoms with Gasteiger partial charge in [0.1, 0.15) is 23.7 Å². The number of halogens is 1. The highest BCUT2D eigenvalue weighted by molar-refractivity contribution is 14.1. The summed E-state index contributed by atoms with van der Waals surface area (Å²) in [6.07, 6.45) is 4.76. The number of anilines is 1. The first-order valence-electron chi connectivity index (χ1n) is 10.5. The predicted molar refractivity (Wildman–Crippen MR) is 133 cm³/mol. The number of hydrogen-bond acceptors (Lipinski definition) is 8. The molecule has 2 aromatic carbocycles. The number of esters is 1. The van der Waals surface area contributed by atoms with Crippen LogP contribution in [0.1, 0.15) is 48.0 Å². The Morgan fingerprint density at radius 1 is 1.16 bits per heavy atom. The van der Waals surface area contributed by atoms with Crippen LogP contribution in [-0.2, 0) is 11.3 Å². The number of nitrogens with two attached hydrogens (primary N) is 2. The summed E-state index contributed by atoms with van der Waals surface area (Å²) in [5.41, 5.74) is 14.0. The van der Waals surface area contributed by atoms with Crippen molar-refractivity contribution < 1.29 is 14.3 Å². The van der Waals surface area contributed by atoms with Gasteiger partial charge in [-0.1, -0.05) is 36.8 Å². The third-order valence-electron chi connectivity index (χ3n) is 5.76. The van der Waals surface area contributed by atoms with E-state index < -0.39 is 11.6 Å². The van der Waals surface area contributed by atoms with E-state index in [0.717, 1.165) is 46.9 Å². The summed E-state index contributed by atoms with van der Waals surface area (Å²) in [4.78, 5) is 23.3. The fourth-order valence-electron chi connectivity index (χ4n) is 4.32. The van der Waals surface area contributed by atoms with Crippen molar-refractivity contribution in [2.24, 2.45) is 21.5 Å². The number of methoxy groups -OCH3 is 1. The molecule has 0 radical (unpaired) electrons. The van der Waals surface area contributed by atoms with Crippen LogP contribution in [0.2, 0.25) is 0 Å². The number of benzene rings is 2. The average molecular weight is 547 g/mol. The van der Waals surface area contributed by atoms with Crippen molar-refractivity contribution >= 4 is 46.2 Å². The lowest BCUT2D eigenvalue weighted by atomic mass is 9.87. The maximum atomic E-state index is 12.3. The molecule has 1 saturated carbocycles. The Labute approximate surface area is 200 Å². The van der Waals surface area contributed by atoms with E-state index in [1.54, 1.807) is 12.1 Å². The maximum absolute atomic E-state index is 12.3. The summed E-state index contributed by atoms with van der Waals surface area (Å²) in [6, 6.07) is 13.3. The van der Waals surface area contributed by atoms with Crippen LogP contribution in [-0.4, -0.2) is 30.7 Å². The molecule has 2 aromatic rings. The molecule has 9 heteroatoms. The van der Waals surface area contributed by atoms with Gasteiger partial charge >= 0.3 is 5.97 Å². The lowest BCUT2D eigenvalue weighted by Crippen LogP contribution is -2.58. The van der Waals surface area contributed by atoms with Crippen molar-refractivity contribution in [1.82, 2.24) is 0 Å². The standard InChI is InChI=1S/C23H26IN5O3/c1-31-20(30)16-12-17(24)19(18(13-16)32-14-15-8-4-2-5-9-15)29-22(26)27-21(25)28-23(29)10-6-3-7-11-23/h2,4-5,8-9,12-13H,3,6-7,10-11,14H2,1H3,(H4,25,26,27,28). The first-order valence-corrected chi connectivity index (χ1v) is 11.6. The number of aliphatic imine (C=N–C) groups is 2. The summed E-state index contributed by atoms with van der Waals surface area (Å²) in [7, 11) is 1.36. The molecule has 2 aliphatic rings. The van der Waals surface area contributed by atoms with Crippen LogP contribution in [0, 0.1) is 3.57 Å². The van der Waals surface area contributed by atoms with Crippen molar-refractivity contribution in [3.05, 3.63) is 57.2 Å². The van der Waals surface area contributed by atoms with Gasteiger partial charge in [0.15, 0.2) is 0 Å². The lowest BCUT2D eigenvalue weighted by molar-refractivity contribution is 0.0600. The molecule has 4 rings (SSSR count). The minimum absolute atomic E-state index is 0.189. The molecule has 0 atom stereocenters. The van der Waals surface area contributed by atoms with Crippen molar-refractivity contribution in [1.29, 1.82) is 0 Å². The zero-order valence-corrected chi connectivity index (χ0v) is 20.0. The highest BCUT2D eigenvalue weighted by atomic mass is 127. The van der Waals surface area contributed by atoms with Crippen molar-refractivity contribution in [3.8, 4) is 5.75 Å². The van der Waals surface area contributed by atoms with E-state index in [1.165, 1.54) is 7.11 Å². The van der Waals surface area contributed by atoms with Crippen LogP contribution >= 0.6 is 22.6 Å². The number of guanidine groups is 2. The number of carbonyl (C=O) groups excluding carboxylic acids is 1. The average Bonchev–Trinajstić information content (AvgIpc) is 2.79. The third-order valence-corrected chi connectivity index (χ3v) is 6.58. The Bertz CT molecular complexity index is 1060. The van der Waals surface area contributed by atoms with Crippen LogP contribution in [0.25, 0.3) is 0 Å². The Balaban J connectivity index is 1.82. The molecule has 1 heterocycles. The van der Waals surface area contributed by atoms with E-state index in [9.17, 15) is 4.79 Å². The van der Waals surface area contributed by atoms with E-state index in [-0.39, 0.29) is 11.9 Å². The normalized spacial score (nSPS) is 17.5. The zero-order valence-electron chi connectivity index (χ0n) is 17.9. The molecule has 1 aliphatic heterocycles. The highest BCUT2D eigenvalue weighted by Crippen LogP contribution is 2.45. The lowest BCUT2D eigenvalue weighted by Gasteiger charge is -2.46. The number of ether oxygens (including phenoxy) is 2. The van der Waals surface area contributed by atoms with Crippen molar-refractivity contribution in [3.63, 3.8) is 0 Å². The molecule has 168 valence electrons. The molecule has 1 spiro atoms. The molecule has 4 N–H and O–H groups in total. The van der Waals surface area contributed by atoms with Gasteiger partial charge in [0.2, 0.25) is 11.9 Å². The zero-order chi connectivity index (χ0) is 22.7. The van der Waals surface area contributed by atoms with Gasteiger partial charge in [-0.3, -0.25) is 4.90 Å². The summed E-state index contributed by atoms with van der Waals surface area (Å²) >= 11 is 2.19. The Hall–Kier alpha value is -2.82. The molecule has 0 unspecified atom stereocenters. The monoisotopic (exact) mass is 547 g/mol. The van der Waals surface area contributed by atoms with Crippen LogP contribution in [0.4, 0.5) is 5.69 Å². The molecule has 0 aromatic heterocycles. The number of nitrogens with zero attached hydrogens (tertiary/aromatic N) is 3. The number of rotatable bonds is 5. The van der Waals surface area contributed by atoms with E-state index in [1.807, 2.05) is 35.2 Å². The minimum Gasteiger partial charge on any atom is -0.487 e. The van der Waals surface area contributed by atoms with Gasteiger partial charge in [-0.2, -0.15) is 4.99 Å². The molecule has 0 amide bonds. The number of carbonyl (C=O) groups is 1. The van der Waals surface area contributed by atoms with Gasteiger partial charge in [0, 0.05) is 3.57 Å². The van der Waals surface area contributed by atoms with E-state index in [0.29, 0.717) is 17.9 Å². The van der Waals surface area contributed by atoms with Gasteiger partial charge in [-0.25, -0.2) is 9.79 Å². The Morgan fingerprint density at radius 3 is 2.56 bits per heavy atom. The topological polar surface area (TPSA) is 116 Å². The highest BCUT2D eigenvalue weighted by Gasteiger charge is 2.44. The fraction of sp³-hybridized carbons (Fsp3) is 0.348. The predicted octanol–water partition coefficient (Wildman–Crippen LogP) is 3.77. The van der Waals surface area contributed by atoms with Crippen LogP contribution in [0.5, 0.6) is 5.75 Å². The first-order chi connectivity index (χ1) is 15.4. The molecule has 1 fully saturated rings. The second-order valence-electron chi connectivity index (χ2n) is 7.89. The summed E-state index contributed by atoms with van der Waals surface area (Å²) < 4.78 is 12.0. The van der Waals surface area contributed by atoms with Gasteiger partial charge in [0.05, 0.1) is 12.7 Å². The smallest absolute Gasteiger partial charge is 0.338 e. The first kappa shape index (κ1) is 22.4. The largest absolute Gasteiger partial charge is 0.487 e. The van der Waals surface area contributed by atoms with Gasteiger partial charge in [-0.15, -0.1) is 0 Å². The minimum atomic E-state index is -0.619. The molecule has 8 nitrogen and oxygen atoms in total. The van der Waals surface area contributed by atoms with E-state index >= 15 is 0 Å². The molecular weight excluding hydrogens is 521 g/mol. The van der Waals surface area contributed by atoms with Gasteiger partial charge in [-0.05, 0) is 66.0 Å². The van der Waals surface area contributed by atoms with Crippen LogP contribution in [0.3, 0.4) is 0 Å². The second-order valence-corrected chi connectivity index (χ2v) is 9.05. The Morgan fingerprint density at radius 2 is 1.88 bits per heavy atom. The Kier molecular flexibility index (Phi) is 6.54. The quantitative estimate of drug-likeness (QED) is 0.435. The van der Waals surface area contributed by atoms with Crippen molar-refractivity contribution in [2.75, 3.05) is 12.0 Å². The molecule has 1 aliphatic carbocycles. The molecule has 0 bridgehead atoms. The van der Waals surface area contributed by atoms with Crippen LogP contribution < -0.4 is 21.1 Å². The SMILES string of the molecule is COC(=O)c1cc(I)c(N2C(N)=NC(N)=NC23CCCCC3)c(OCc2ccccc2)c1. The van der Waals surface area contributed by atoms with Gasteiger partial charge < -0.3 is 20.9 Å². The van der Waals surface area contributed by atoms with E-state index in [4.69, 9.17) is 25.9 Å². The van der Waals surface area contributed by atoms with Crippen LogP contribution in [0.15, 0.2) is 52.4 Å².